The van der Waals surface area contributed by atoms with Gasteiger partial charge >= 0.3 is 0 Å². The topological polar surface area (TPSA) is 126 Å². The summed E-state index contributed by atoms with van der Waals surface area (Å²) >= 11 is 0. The molecule has 2 aromatic heterocycles. The number of piperidine rings is 1. The molecular weight excluding hydrogens is 465 g/mol. The van der Waals surface area contributed by atoms with Crippen molar-refractivity contribution < 1.29 is 14.2 Å². The highest BCUT2D eigenvalue weighted by Crippen LogP contribution is 2.38. The Bertz CT molecular complexity index is 1190. The number of nitrogens with one attached hydrogen (secondary N) is 2. The lowest BCUT2D eigenvalue weighted by Gasteiger charge is -2.47. The summed E-state index contributed by atoms with van der Waals surface area (Å²) < 4.78 is 21.9. The Morgan fingerprint density at radius 3 is 2.97 bits per heavy atom. The number of hydrogen-bond donors (Lipinski definition) is 3. The van der Waals surface area contributed by atoms with Crippen LogP contribution < -0.4 is 15.4 Å². The third-order valence-corrected chi connectivity index (χ3v) is 6.83. The molecule has 0 bridgehead atoms. The van der Waals surface area contributed by atoms with Crippen LogP contribution in [0.4, 0.5) is 21.8 Å². The van der Waals surface area contributed by atoms with Gasteiger partial charge in [0.2, 0.25) is 5.95 Å². The lowest BCUT2D eigenvalue weighted by molar-refractivity contribution is 0.0500. The van der Waals surface area contributed by atoms with E-state index in [2.05, 4.69) is 54.9 Å². The van der Waals surface area contributed by atoms with Gasteiger partial charge in [-0.3, -0.25) is 4.90 Å². The van der Waals surface area contributed by atoms with E-state index in [9.17, 15) is 9.50 Å². The Hall–Kier alpha value is -3.38. The molecule has 0 aliphatic carbocycles. The summed E-state index contributed by atoms with van der Waals surface area (Å²) in [4.78, 5) is 11.2. The average Bonchev–Trinajstić information content (AvgIpc) is 3.53. The predicted octanol–water partition coefficient (Wildman–Crippen LogP) is 2.91. The minimum Gasteiger partial charge on any atom is -0.489 e. The van der Waals surface area contributed by atoms with E-state index in [1.165, 1.54) is 30.0 Å². The summed E-state index contributed by atoms with van der Waals surface area (Å²) in [5.74, 6) is 0.467. The number of anilines is 3. The first kappa shape index (κ1) is 24.3. The average molecular weight is 498 g/mol. The number of hydrogen-bond acceptors (Lipinski definition) is 10. The van der Waals surface area contributed by atoms with E-state index < -0.39 is 11.9 Å². The standard InChI is InChI=1S/C24H32FN9O2/c1-15(35)13-36-21-7-6-16(10-20(21)34-14-27-31-32-34)29-23-26-12-19(25)22(30-23)28-17-9-18-5-4-8-33(18)24(2,3)11-17/h6-7,10,12,14-15,17-18,35H,4-5,8-9,11,13H2,1-3H3,(H2,26,28,29,30)/t15?,17-,18+/m1/s1. The number of tetrazole rings is 1. The molecule has 3 atom stereocenters. The maximum Gasteiger partial charge on any atom is 0.229 e. The van der Waals surface area contributed by atoms with E-state index in [1.807, 2.05) is 0 Å². The summed E-state index contributed by atoms with van der Waals surface area (Å²) in [6.45, 7) is 7.42. The molecule has 192 valence electrons. The lowest BCUT2D eigenvalue weighted by atomic mass is 9.84. The summed E-state index contributed by atoms with van der Waals surface area (Å²) in [6, 6.07) is 5.94. The zero-order valence-corrected chi connectivity index (χ0v) is 20.7. The number of ether oxygens (including phenoxy) is 1. The molecule has 2 aliphatic rings. The minimum absolute atomic E-state index is 0.0614. The van der Waals surface area contributed by atoms with Gasteiger partial charge in [-0.2, -0.15) is 9.67 Å². The van der Waals surface area contributed by atoms with Crippen LogP contribution in [-0.4, -0.2) is 77.1 Å². The van der Waals surface area contributed by atoms with Crippen LogP contribution >= 0.6 is 0 Å². The van der Waals surface area contributed by atoms with Gasteiger partial charge in [0, 0.05) is 23.3 Å². The van der Waals surface area contributed by atoms with Crippen molar-refractivity contribution >= 4 is 17.5 Å². The van der Waals surface area contributed by atoms with Gasteiger partial charge in [-0.15, -0.1) is 5.10 Å². The highest BCUT2D eigenvalue weighted by Gasteiger charge is 2.43. The first-order valence-corrected chi connectivity index (χ1v) is 12.3. The van der Waals surface area contributed by atoms with E-state index in [-0.39, 0.29) is 30.0 Å². The van der Waals surface area contributed by atoms with Crippen molar-refractivity contribution in [3.8, 4) is 11.4 Å². The highest BCUT2D eigenvalue weighted by molar-refractivity contribution is 5.62. The molecule has 0 spiro atoms. The Balaban J connectivity index is 1.34. The lowest BCUT2D eigenvalue weighted by Crippen LogP contribution is -2.55. The second-order valence-corrected chi connectivity index (χ2v) is 10.2. The molecule has 3 aromatic rings. The van der Waals surface area contributed by atoms with Crippen LogP contribution in [0, 0.1) is 5.82 Å². The zero-order valence-electron chi connectivity index (χ0n) is 20.7. The summed E-state index contributed by atoms with van der Waals surface area (Å²) in [5.41, 5.74) is 1.27. The fourth-order valence-corrected chi connectivity index (χ4v) is 5.35. The van der Waals surface area contributed by atoms with Crippen LogP contribution in [0.3, 0.4) is 0 Å². The molecule has 2 saturated heterocycles. The maximum absolute atomic E-state index is 14.7. The van der Waals surface area contributed by atoms with Crippen LogP contribution in [0.15, 0.2) is 30.7 Å². The number of aliphatic hydroxyl groups excluding tert-OH is 1. The number of halogens is 1. The number of aliphatic hydroxyl groups is 1. The van der Waals surface area contributed by atoms with E-state index in [1.54, 1.807) is 25.1 Å². The van der Waals surface area contributed by atoms with Crippen molar-refractivity contribution in [1.29, 1.82) is 0 Å². The van der Waals surface area contributed by atoms with E-state index in [0.29, 0.717) is 23.2 Å². The molecule has 0 saturated carbocycles. The summed E-state index contributed by atoms with van der Waals surface area (Å²) in [6.07, 6.45) is 6.28. The van der Waals surface area contributed by atoms with Gasteiger partial charge in [-0.25, -0.2) is 9.37 Å². The molecular formula is C24H32FN9O2. The van der Waals surface area contributed by atoms with Crippen LogP contribution in [-0.2, 0) is 0 Å². The highest BCUT2D eigenvalue weighted by atomic mass is 19.1. The first-order valence-electron chi connectivity index (χ1n) is 12.3. The van der Waals surface area contributed by atoms with Crippen molar-refractivity contribution in [3.05, 3.63) is 36.5 Å². The Morgan fingerprint density at radius 2 is 2.19 bits per heavy atom. The van der Waals surface area contributed by atoms with Crippen molar-refractivity contribution in [1.82, 2.24) is 35.1 Å². The van der Waals surface area contributed by atoms with Crippen molar-refractivity contribution in [3.63, 3.8) is 0 Å². The second kappa shape index (κ2) is 9.94. The van der Waals surface area contributed by atoms with Gasteiger partial charge in [0.05, 0.1) is 12.3 Å². The number of rotatable bonds is 8. The van der Waals surface area contributed by atoms with Gasteiger partial charge < -0.3 is 20.5 Å². The maximum atomic E-state index is 14.7. The molecule has 36 heavy (non-hydrogen) atoms. The molecule has 2 aliphatic heterocycles. The van der Waals surface area contributed by atoms with Crippen molar-refractivity contribution in [2.45, 2.75) is 70.2 Å². The molecule has 0 radical (unpaired) electrons. The molecule has 5 rings (SSSR count). The number of benzene rings is 1. The SMILES string of the molecule is CC(O)COc1ccc(Nc2ncc(F)c(N[C@@H]3C[C@@H]4CCCN4C(C)(C)C3)n2)cc1-n1cnnn1. The molecule has 4 heterocycles. The van der Waals surface area contributed by atoms with Gasteiger partial charge in [0.1, 0.15) is 24.4 Å². The van der Waals surface area contributed by atoms with Crippen LogP contribution in [0.2, 0.25) is 0 Å². The smallest absolute Gasteiger partial charge is 0.229 e. The third kappa shape index (κ3) is 5.24. The minimum atomic E-state index is -0.630. The predicted molar refractivity (Wildman–Crippen MR) is 132 cm³/mol. The fraction of sp³-hybridized carbons (Fsp3) is 0.542. The third-order valence-electron chi connectivity index (χ3n) is 6.83. The van der Waals surface area contributed by atoms with Gasteiger partial charge in [-0.1, -0.05) is 0 Å². The molecule has 0 amide bonds. The van der Waals surface area contributed by atoms with Gasteiger partial charge in [-0.05, 0) is 81.6 Å². The van der Waals surface area contributed by atoms with Crippen molar-refractivity contribution in [2.24, 2.45) is 0 Å². The van der Waals surface area contributed by atoms with Gasteiger partial charge in [0.25, 0.3) is 0 Å². The van der Waals surface area contributed by atoms with Crippen LogP contribution in [0.1, 0.15) is 46.5 Å². The summed E-state index contributed by atoms with van der Waals surface area (Å²) in [7, 11) is 0. The Morgan fingerprint density at radius 1 is 1.33 bits per heavy atom. The largest absolute Gasteiger partial charge is 0.489 e. The van der Waals surface area contributed by atoms with Crippen LogP contribution in [0.25, 0.3) is 5.69 Å². The Kier molecular flexibility index (Phi) is 6.71. The Labute approximate surface area is 209 Å². The molecule has 1 aromatic carbocycles. The monoisotopic (exact) mass is 497 g/mol. The van der Waals surface area contributed by atoms with E-state index >= 15 is 0 Å². The van der Waals surface area contributed by atoms with E-state index in [4.69, 9.17) is 4.74 Å². The summed E-state index contributed by atoms with van der Waals surface area (Å²) in [5, 5.41) is 27.4. The number of nitrogens with zero attached hydrogens (tertiary/aromatic N) is 7. The number of fused-ring (bicyclic) bond motifs is 1. The normalized spacial score (nSPS) is 22.1. The molecule has 2 fully saturated rings. The van der Waals surface area contributed by atoms with E-state index in [0.717, 1.165) is 19.4 Å². The van der Waals surface area contributed by atoms with Crippen molar-refractivity contribution in [2.75, 3.05) is 23.8 Å². The molecule has 3 N–H and O–H groups in total. The second-order valence-electron chi connectivity index (χ2n) is 10.2. The van der Waals surface area contributed by atoms with Gasteiger partial charge in [0.15, 0.2) is 11.6 Å². The first-order chi connectivity index (χ1) is 17.3. The zero-order chi connectivity index (χ0) is 25.3. The fourth-order valence-electron chi connectivity index (χ4n) is 5.35. The molecule has 11 nitrogen and oxygen atoms in total. The molecule has 1 unspecified atom stereocenters. The van der Waals surface area contributed by atoms with Crippen LogP contribution in [0.5, 0.6) is 5.75 Å². The molecule has 12 heteroatoms. The number of aromatic nitrogens is 6. The quantitative estimate of drug-likeness (QED) is 0.428.